The van der Waals surface area contributed by atoms with Crippen molar-refractivity contribution in [3.8, 4) is 0 Å². The maximum absolute atomic E-state index is 12.6. The van der Waals surface area contributed by atoms with Gasteiger partial charge < -0.3 is 18.8 Å². The molecule has 0 amide bonds. The standard InChI is InChI=1S/C19H22N4O2S/c20-19-22(8-7-21-9-11-25-12-10-21)15-4-1-2-5-16(15)23(19)14-17(24)18-6-3-13-26-18/h1-6,13,20H,7-12,14H2/p+1. The number of Topliss-reactive ketones (excluding diaryl/α,β-unsaturated/α-hetero) is 1. The summed E-state index contributed by atoms with van der Waals surface area (Å²) in [6, 6.07) is 11.7. The number of quaternary nitrogens is 1. The van der Waals surface area contributed by atoms with Gasteiger partial charge in [0.2, 0.25) is 5.62 Å². The van der Waals surface area contributed by atoms with Crippen LogP contribution in [0.25, 0.3) is 11.0 Å². The Bertz CT molecular complexity index is 952. The van der Waals surface area contributed by atoms with Gasteiger partial charge in [0.15, 0.2) is 5.78 Å². The molecule has 0 saturated carbocycles. The van der Waals surface area contributed by atoms with E-state index in [1.165, 1.54) is 16.2 Å². The molecule has 7 heteroatoms. The number of para-hydroxylation sites is 2. The number of morpholine rings is 1. The Morgan fingerprint density at radius 2 is 1.85 bits per heavy atom. The predicted octanol–water partition coefficient (Wildman–Crippen LogP) is 0.782. The molecule has 1 aromatic carbocycles. The maximum atomic E-state index is 12.6. The summed E-state index contributed by atoms with van der Waals surface area (Å²) in [6.45, 7) is 5.60. The molecule has 4 rings (SSSR count). The second-order valence-corrected chi connectivity index (χ2v) is 7.51. The van der Waals surface area contributed by atoms with Crippen molar-refractivity contribution in [2.45, 2.75) is 13.1 Å². The van der Waals surface area contributed by atoms with E-state index >= 15 is 0 Å². The molecule has 0 unspecified atom stereocenters. The summed E-state index contributed by atoms with van der Waals surface area (Å²) < 4.78 is 9.28. The molecule has 0 atom stereocenters. The second kappa shape index (κ2) is 7.57. The SMILES string of the molecule is N=c1n(CC[NH+]2CCOCC2)c2ccccc2n1CC(=O)c1cccs1. The minimum absolute atomic E-state index is 0.0557. The molecule has 1 aliphatic rings. The predicted molar refractivity (Wildman–Crippen MR) is 101 cm³/mol. The number of benzene rings is 1. The zero-order chi connectivity index (χ0) is 17.9. The molecule has 26 heavy (non-hydrogen) atoms. The van der Waals surface area contributed by atoms with Gasteiger partial charge in [0, 0.05) is 0 Å². The summed E-state index contributed by atoms with van der Waals surface area (Å²) in [5.41, 5.74) is 2.35. The van der Waals surface area contributed by atoms with Crippen LogP contribution in [0.4, 0.5) is 0 Å². The molecule has 0 spiro atoms. The number of fused-ring (bicyclic) bond motifs is 1. The number of aromatic nitrogens is 2. The molecule has 1 saturated heterocycles. The van der Waals surface area contributed by atoms with Crippen LogP contribution in [0.3, 0.4) is 0 Å². The number of carbonyl (C=O) groups is 1. The molecule has 0 aliphatic carbocycles. The van der Waals surface area contributed by atoms with Crippen molar-refractivity contribution >= 4 is 28.2 Å². The van der Waals surface area contributed by atoms with E-state index in [1.807, 2.05) is 50.9 Å². The van der Waals surface area contributed by atoms with Gasteiger partial charge in [-0.1, -0.05) is 18.2 Å². The molecule has 0 radical (unpaired) electrons. The van der Waals surface area contributed by atoms with Crippen LogP contribution >= 0.6 is 11.3 Å². The number of hydrogen-bond acceptors (Lipinski definition) is 4. The highest BCUT2D eigenvalue weighted by molar-refractivity contribution is 7.12. The first-order valence-electron chi connectivity index (χ1n) is 8.95. The van der Waals surface area contributed by atoms with E-state index in [0.29, 0.717) is 5.62 Å². The van der Waals surface area contributed by atoms with Gasteiger partial charge in [-0.05, 0) is 23.6 Å². The molecule has 6 nitrogen and oxygen atoms in total. The molecule has 1 aliphatic heterocycles. The van der Waals surface area contributed by atoms with Crippen molar-refractivity contribution in [2.24, 2.45) is 0 Å². The van der Waals surface area contributed by atoms with Gasteiger partial charge in [0.1, 0.15) is 13.1 Å². The highest BCUT2D eigenvalue weighted by Crippen LogP contribution is 2.15. The van der Waals surface area contributed by atoms with Crippen LogP contribution in [0, 0.1) is 5.41 Å². The zero-order valence-corrected chi connectivity index (χ0v) is 15.4. The molecule has 1 fully saturated rings. The lowest BCUT2D eigenvalue weighted by Crippen LogP contribution is -3.14. The van der Waals surface area contributed by atoms with Crippen molar-refractivity contribution < 1.29 is 14.4 Å². The first kappa shape index (κ1) is 17.2. The monoisotopic (exact) mass is 371 g/mol. The highest BCUT2D eigenvalue weighted by atomic mass is 32.1. The lowest BCUT2D eigenvalue weighted by atomic mass is 10.3. The van der Waals surface area contributed by atoms with Crippen molar-refractivity contribution in [3.63, 3.8) is 0 Å². The molecule has 136 valence electrons. The summed E-state index contributed by atoms with van der Waals surface area (Å²) in [6.07, 6.45) is 0. The first-order valence-corrected chi connectivity index (χ1v) is 9.82. The number of carbonyl (C=O) groups excluding carboxylic acids is 1. The van der Waals surface area contributed by atoms with Crippen molar-refractivity contribution in [2.75, 3.05) is 32.8 Å². The number of nitrogens with one attached hydrogen (secondary N) is 2. The van der Waals surface area contributed by atoms with Crippen LogP contribution in [0.15, 0.2) is 41.8 Å². The minimum atomic E-state index is 0.0557. The smallest absolute Gasteiger partial charge is 0.203 e. The molecular weight excluding hydrogens is 348 g/mol. The lowest BCUT2D eigenvalue weighted by Gasteiger charge is -2.23. The van der Waals surface area contributed by atoms with Gasteiger partial charge in [-0.3, -0.25) is 10.2 Å². The first-order chi connectivity index (χ1) is 12.7. The Hall–Kier alpha value is -2.22. The highest BCUT2D eigenvalue weighted by Gasteiger charge is 2.18. The topological polar surface area (TPSA) is 64.5 Å². The summed E-state index contributed by atoms with van der Waals surface area (Å²) in [5, 5.41) is 10.6. The lowest BCUT2D eigenvalue weighted by molar-refractivity contribution is -0.908. The summed E-state index contributed by atoms with van der Waals surface area (Å²) >= 11 is 1.45. The molecule has 3 heterocycles. The van der Waals surface area contributed by atoms with Gasteiger partial charge in [-0.15, -0.1) is 11.3 Å². The quantitative estimate of drug-likeness (QED) is 0.629. The van der Waals surface area contributed by atoms with Crippen LogP contribution < -0.4 is 10.5 Å². The molecule has 3 aromatic rings. The van der Waals surface area contributed by atoms with Crippen molar-refractivity contribution in [1.82, 2.24) is 9.13 Å². The number of imidazole rings is 1. The summed E-state index contributed by atoms with van der Waals surface area (Å²) in [4.78, 5) is 14.8. The summed E-state index contributed by atoms with van der Waals surface area (Å²) in [7, 11) is 0. The van der Waals surface area contributed by atoms with E-state index in [4.69, 9.17) is 10.1 Å². The van der Waals surface area contributed by atoms with E-state index in [-0.39, 0.29) is 12.3 Å². The van der Waals surface area contributed by atoms with Gasteiger partial charge in [-0.25, -0.2) is 0 Å². The van der Waals surface area contributed by atoms with Crippen molar-refractivity contribution in [1.29, 1.82) is 5.41 Å². The molecule has 0 bridgehead atoms. The van der Waals surface area contributed by atoms with Gasteiger partial charge in [0.25, 0.3) is 0 Å². The molecule has 2 aromatic heterocycles. The minimum Gasteiger partial charge on any atom is -0.370 e. The van der Waals surface area contributed by atoms with Crippen LogP contribution in [-0.2, 0) is 17.8 Å². The van der Waals surface area contributed by atoms with Crippen molar-refractivity contribution in [3.05, 3.63) is 52.3 Å². The van der Waals surface area contributed by atoms with Crippen LogP contribution in [0.2, 0.25) is 0 Å². The fraction of sp³-hybridized carbons (Fsp3) is 0.368. The van der Waals surface area contributed by atoms with E-state index < -0.39 is 0 Å². The van der Waals surface area contributed by atoms with Crippen LogP contribution in [0.1, 0.15) is 9.67 Å². The van der Waals surface area contributed by atoms with E-state index in [2.05, 4.69) is 0 Å². The second-order valence-electron chi connectivity index (χ2n) is 6.56. The largest absolute Gasteiger partial charge is 0.370 e. The third kappa shape index (κ3) is 3.38. The fourth-order valence-electron chi connectivity index (χ4n) is 3.52. The average molecular weight is 371 g/mol. The molecular formula is C19H23N4O2S+. The maximum Gasteiger partial charge on any atom is 0.203 e. The third-order valence-electron chi connectivity index (χ3n) is 4.96. The number of ether oxygens (including phenoxy) is 1. The zero-order valence-electron chi connectivity index (χ0n) is 14.6. The number of rotatable bonds is 6. The van der Waals surface area contributed by atoms with E-state index in [9.17, 15) is 4.79 Å². The fourth-order valence-corrected chi connectivity index (χ4v) is 4.18. The van der Waals surface area contributed by atoms with E-state index in [0.717, 1.165) is 55.3 Å². The van der Waals surface area contributed by atoms with Crippen LogP contribution in [-0.4, -0.2) is 47.8 Å². The number of nitrogens with zero attached hydrogens (tertiary/aromatic N) is 2. The Kier molecular flexibility index (Phi) is 5.01. The average Bonchev–Trinajstić information content (AvgIpc) is 3.29. The van der Waals surface area contributed by atoms with E-state index in [1.54, 1.807) is 0 Å². The summed E-state index contributed by atoms with van der Waals surface area (Å²) in [5.74, 6) is 0.0557. The van der Waals surface area contributed by atoms with Gasteiger partial charge >= 0.3 is 0 Å². The van der Waals surface area contributed by atoms with Gasteiger partial charge in [-0.2, -0.15) is 0 Å². The number of ketones is 1. The van der Waals surface area contributed by atoms with Crippen LogP contribution in [0.5, 0.6) is 0 Å². The Morgan fingerprint density at radius 3 is 2.54 bits per heavy atom. The van der Waals surface area contributed by atoms with Gasteiger partial charge in [0.05, 0.1) is 48.8 Å². The number of thiophene rings is 1. The Morgan fingerprint density at radius 1 is 1.12 bits per heavy atom. The Labute approximate surface area is 155 Å². The number of hydrogen-bond donors (Lipinski definition) is 2. The normalized spacial score (nSPS) is 15.5. The third-order valence-corrected chi connectivity index (χ3v) is 5.87. The Balaban J connectivity index is 1.62. The molecule has 2 N–H and O–H groups in total.